The molecule has 6 aliphatic rings. The topological polar surface area (TPSA) is 66.5 Å². The summed E-state index contributed by atoms with van der Waals surface area (Å²) in [7, 11) is 1.40. The second kappa shape index (κ2) is 8.19. The SMILES string of the molecule is COC(=O)OC1C=C2C[CH]C3OC3[C@]2(C)[C@H]2CC[C@]3(C)[C@@H](C(C)C4OCC(C)(C)CO4)CC[C@H]3[C@H]12. The van der Waals surface area contributed by atoms with Gasteiger partial charge in [0.2, 0.25) is 0 Å². The fourth-order valence-corrected chi connectivity index (χ4v) is 9.16. The first-order valence-electron chi connectivity index (χ1n) is 13.8. The molecule has 0 aromatic heterocycles. The molecule has 0 N–H and O–H groups in total. The number of carbonyl (C=O) groups excluding carboxylic acids is 1. The fourth-order valence-electron chi connectivity index (χ4n) is 9.16. The fraction of sp³-hybridized carbons (Fsp3) is 0.862. The first-order valence-corrected chi connectivity index (χ1v) is 13.8. The van der Waals surface area contributed by atoms with Gasteiger partial charge in [0, 0.05) is 22.7 Å². The van der Waals surface area contributed by atoms with Gasteiger partial charge >= 0.3 is 6.16 Å². The number of fused-ring (bicyclic) bond motifs is 7. The van der Waals surface area contributed by atoms with Gasteiger partial charge in [-0.1, -0.05) is 40.2 Å². The Labute approximate surface area is 210 Å². The van der Waals surface area contributed by atoms with Gasteiger partial charge in [0.05, 0.1) is 32.5 Å². The number of hydrogen-bond donors (Lipinski definition) is 0. The van der Waals surface area contributed by atoms with Crippen molar-refractivity contribution in [2.75, 3.05) is 20.3 Å². The lowest BCUT2D eigenvalue weighted by Gasteiger charge is -2.58. The number of methoxy groups -OCH3 is 1. The molecule has 0 aromatic rings. The zero-order valence-electron chi connectivity index (χ0n) is 22.3. The van der Waals surface area contributed by atoms with E-state index in [1.807, 2.05) is 0 Å². The predicted molar refractivity (Wildman–Crippen MR) is 130 cm³/mol. The summed E-state index contributed by atoms with van der Waals surface area (Å²) in [6.45, 7) is 13.1. The highest BCUT2D eigenvalue weighted by Crippen LogP contribution is 2.69. The van der Waals surface area contributed by atoms with Crippen molar-refractivity contribution in [2.45, 2.75) is 91.3 Å². The van der Waals surface area contributed by atoms with E-state index in [1.54, 1.807) is 0 Å². The Hall–Kier alpha value is -1.11. The number of ether oxygens (including phenoxy) is 5. The molecule has 2 saturated heterocycles. The molecule has 6 nitrogen and oxygen atoms in total. The molecule has 2 aliphatic heterocycles. The molecule has 6 rings (SSSR count). The van der Waals surface area contributed by atoms with Crippen molar-refractivity contribution in [3.05, 3.63) is 18.1 Å². The molecule has 35 heavy (non-hydrogen) atoms. The lowest BCUT2D eigenvalue weighted by Crippen LogP contribution is -2.57. The number of hydrogen-bond acceptors (Lipinski definition) is 6. The zero-order valence-corrected chi connectivity index (χ0v) is 22.3. The molecule has 1 radical (unpaired) electrons. The maximum atomic E-state index is 12.3. The van der Waals surface area contributed by atoms with Crippen molar-refractivity contribution in [3.63, 3.8) is 0 Å². The summed E-state index contributed by atoms with van der Waals surface area (Å²) in [6, 6.07) is 0. The Bertz CT molecular complexity index is 888. The van der Waals surface area contributed by atoms with Crippen LogP contribution < -0.4 is 0 Å². The summed E-state index contributed by atoms with van der Waals surface area (Å²) in [4.78, 5) is 12.3. The summed E-state index contributed by atoms with van der Waals surface area (Å²) in [5, 5.41) is 0. The van der Waals surface area contributed by atoms with E-state index < -0.39 is 6.16 Å². The highest BCUT2D eigenvalue weighted by Gasteiger charge is 2.68. The van der Waals surface area contributed by atoms with Crippen LogP contribution in [-0.2, 0) is 23.7 Å². The molecule has 195 valence electrons. The van der Waals surface area contributed by atoms with Crippen molar-refractivity contribution < 1.29 is 28.5 Å². The summed E-state index contributed by atoms with van der Waals surface area (Å²) in [5.74, 6) is 2.09. The molecule has 4 unspecified atom stereocenters. The molecular weight excluding hydrogens is 444 g/mol. The van der Waals surface area contributed by atoms with Gasteiger partial charge in [0.25, 0.3) is 0 Å². The van der Waals surface area contributed by atoms with Gasteiger partial charge in [-0.2, -0.15) is 0 Å². The second-order valence-electron chi connectivity index (χ2n) is 13.5. The molecule has 0 amide bonds. The summed E-state index contributed by atoms with van der Waals surface area (Å²) < 4.78 is 29.6. The third-order valence-electron chi connectivity index (χ3n) is 11.0. The zero-order chi connectivity index (χ0) is 24.8. The van der Waals surface area contributed by atoms with Crippen LogP contribution in [0.2, 0.25) is 0 Å². The van der Waals surface area contributed by atoms with Crippen molar-refractivity contribution in [1.29, 1.82) is 0 Å². The average molecular weight is 488 g/mol. The second-order valence-corrected chi connectivity index (χ2v) is 13.5. The minimum Gasteiger partial charge on any atom is -0.438 e. The normalized spacial score (nSPS) is 49.0. The van der Waals surface area contributed by atoms with Crippen molar-refractivity contribution in [1.82, 2.24) is 0 Å². The van der Waals surface area contributed by atoms with E-state index in [1.165, 1.54) is 25.5 Å². The van der Waals surface area contributed by atoms with Crippen LogP contribution in [0.25, 0.3) is 0 Å². The monoisotopic (exact) mass is 487 g/mol. The van der Waals surface area contributed by atoms with E-state index in [0.29, 0.717) is 29.8 Å². The van der Waals surface area contributed by atoms with Gasteiger partial charge in [-0.25, -0.2) is 4.79 Å². The van der Waals surface area contributed by atoms with E-state index in [-0.39, 0.29) is 40.7 Å². The summed E-state index contributed by atoms with van der Waals surface area (Å²) in [6.07, 6.45) is 9.79. The Balaban J connectivity index is 1.30. The van der Waals surface area contributed by atoms with Crippen molar-refractivity contribution in [3.8, 4) is 0 Å². The highest BCUT2D eigenvalue weighted by molar-refractivity contribution is 5.60. The summed E-state index contributed by atoms with van der Waals surface area (Å²) in [5.41, 5.74) is 1.68. The largest absolute Gasteiger partial charge is 0.508 e. The molecule has 10 atom stereocenters. The van der Waals surface area contributed by atoms with Crippen LogP contribution in [-0.4, -0.2) is 51.1 Å². The van der Waals surface area contributed by atoms with E-state index >= 15 is 0 Å². The minimum absolute atomic E-state index is 0.0340. The lowest BCUT2D eigenvalue weighted by molar-refractivity contribution is -0.253. The quantitative estimate of drug-likeness (QED) is 0.295. The van der Waals surface area contributed by atoms with Crippen LogP contribution in [0.15, 0.2) is 11.6 Å². The van der Waals surface area contributed by atoms with E-state index in [9.17, 15) is 4.79 Å². The third kappa shape index (κ3) is 3.64. The third-order valence-corrected chi connectivity index (χ3v) is 11.0. The molecular formula is C29H43O6. The molecule has 3 saturated carbocycles. The average Bonchev–Trinajstić information content (AvgIpc) is 3.54. The minimum atomic E-state index is -0.573. The molecule has 2 heterocycles. The Morgan fingerprint density at radius 2 is 1.83 bits per heavy atom. The highest BCUT2D eigenvalue weighted by atomic mass is 16.7. The van der Waals surface area contributed by atoms with Crippen LogP contribution in [0.3, 0.4) is 0 Å². The molecule has 4 aliphatic carbocycles. The molecule has 0 spiro atoms. The van der Waals surface area contributed by atoms with Gasteiger partial charge in [-0.3, -0.25) is 0 Å². The molecule has 0 aromatic carbocycles. The number of epoxide rings is 1. The standard InChI is InChI=1S/C29H43O6/c1-16(25-32-14-27(2,3)15-33-25)18-8-9-19-23-20(11-12-28(18,19)4)29(5)17(7-10-21-24(29)34-21)13-22(23)35-26(30)31-6/h10,13,16,18-25H,7-9,11-12,14-15H2,1-6H3/t16?,18-,19+,20+,21?,22?,23+,24?,28-,29+/m1/s1. The Morgan fingerprint density at radius 1 is 1.09 bits per heavy atom. The first kappa shape index (κ1) is 24.2. The van der Waals surface area contributed by atoms with E-state index in [4.69, 9.17) is 23.7 Å². The van der Waals surface area contributed by atoms with E-state index in [0.717, 1.165) is 32.5 Å². The maximum Gasteiger partial charge on any atom is 0.508 e. The molecule has 5 fully saturated rings. The van der Waals surface area contributed by atoms with E-state index in [2.05, 4.69) is 47.1 Å². The van der Waals surface area contributed by atoms with Crippen LogP contribution in [0.5, 0.6) is 0 Å². The van der Waals surface area contributed by atoms with Crippen LogP contribution in [0.4, 0.5) is 4.79 Å². The van der Waals surface area contributed by atoms with Gasteiger partial charge in [-0.05, 0) is 67.8 Å². The Morgan fingerprint density at radius 3 is 2.54 bits per heavy atom. The van der Waals surface area contributed by atoms with Crippen molar-refractivity contribution in [2.24, 2.45) is 45.8 Å². The van der Waals surface area contributed by atoms with Crippen molar-refractivity contribution >= 4 is 6.16 Å². The maximum absolute atomic E-state index is 12.3. The van der Waals surface area contributed by atoms with Gasteiger partial charge < -0.3 is 23.7 Å². The Kier molecular flexibility index (Phi) is 5.67. The molecule has 0 bridgehead atoms. The van der Waals surface area contributed by atoms with Gasteiger partial charge in [0.15, 0.2) is 6.29 Å². The molecule has 6 heteroatoms. The van der Waals surface area contributed by atoms with Crippen LogP contribution in [0, 0.1) is 52.3 Å². The smallest absolute Gasteiger partial charge is 0.438 e. The lowest BCUT2D eigenvalue weighted by atomic mass is 9.46. The summed E-state index contributed by atoms with van der Waals surface area (Å²) >= 11 is 0. The van der Waals surface area contributed by atoms with Gasteiger partial charge in [0.1, 0.15) is 6.10 Å². The predicted octanol–water partition coefficient (Wildman–Crippen LogP) is 5.55. The number of carbonyl (C=O) groups is 1. The first-order chi connectivity index (χ1) is 16.6. The van der Waals surface area contributed by atoms with Crippen LogP contribution in [0.1, 0.15) is 66.7 Å². The van der Waals surface area contributed by atoms with Gasteiger partial charge in [-0.15, -0.1) is 0 Å². The number of rotatable bonds is 3. The van der Waals surface area contributed by atoms with Crippen LogP contribution >= 0.6 is 0 Å².